The predicted molar refractivity (Wildman–Crippen MR) is 140 cm³/mol. The molecular weight excluding hydrogens is 502 g/mol. The Bertz CT molecular complexity index is 1280. The quantitative estimate of drug-likeness (QED) is 0.268. The molecule has 0 bridgehead atoms. The summed E-state index contributed by atoms with van der Waals surface area (Å²) in [5, 5.41) is 1.05. The number of imidazole rings is 1. The van der Waals surface area contributed by atoms with Gasteiger partial charge in [0.1, 0.15) is 0 Å². The maximum absolute atomic E-state index is 12.7. The molecule has 5 rings (SSSR count). The monoisotopic (exact) mass is 535 g/mol. The summed E-state index contributed by atoms with van der Waals surface area (Å²) >= 11 is 0. The number of H-pyrrole nitrogens is 2. The minimum absolute atomic E-state index is 0.134. The molecule has 2 saturated heterocycles. The molecule has 2 N–H and O–H groups in total. The highest BCUT2D eigenvalue weighted by Gasteiger charge is 2.34. The molecule has 0 aliphatic carbocycles. The Morgan fingerprint density at radius 2 is 1.74 bits per heavy atom. The van der Waals surface area contributed by atoms with Gasteiger partial charge in [-0.2, -0.15) is 0 Å². The summed E-state index contributed by atoms with van der Waals surface area (Å²) in [5.74, 6) is -0.852. The molecule has 0 radical (unpaired) electrons. The van der Waals surface area contributed by atoms with Crippen LogP contribution in [0, 0.1) is 0 Å². The van der Waals surface area contributed by atoms with Crippen LogP contribution in [0.25, 0.3) is 10.9 Å². The van der Waals surface area contributed by atoms with Gasteiger partial charge in [-0.3, -0.25) is 29.0 Å². The summed E-state index contributed by atoms with van der Waals surface area (Å²) in [7, 11) is 0. The number of ether oxygens (including phenoxy) is 2. The van der Waals surface area contributed by atoms with Gasteiger partial charge in [0, 0.05) is 54.8 Å². The van der Waals surface area contributed by atoms with E-state index in [2.05, 4.69) is 15.0 Å². The third-order valence-electron chi connectivity index (χ3n) is 7.27. The molecule has 1 unspecified atom stereocenters. The summed E-state index contributed by atoms with van der Waals surface area (Å²) in [5.41, 5.74) is 2.87. The summed E-state index contributed by atoms with van der Waals surface area (Å²) in [6.07, 6.45) is 7.19. The van der Waals surface area contributed by atoms with E-state index < -0.39 is 12.1 Å². The minimum Gasteiger partial charge on any atom is -0.377 e. The van der Waals surface area contributed by atoms with Crippen LogP contribution in [-0.4, -0.2) is 86.9 Å². The van der Waals surface area contributed by atoms with E-state index in [1.54, 1.807) is 12.5 Å². The van der Waals surface area contributed by atoms with Crippen LogP contribution < -0.4 is 0 Å². The number of carbonyl (C=O) groups excluding carboxylic acids is 4. The molecular formula is C28H33N5O6. The average molecular weight is 536 g/mol. The zero-order valence-corrected chi connectivity index (χ0v) is 21.8. The fourth-order valence-corrected chi connectivity index (χ4v) is 5.29. The second-order valence-corrected chi connectivity index (χ2v) is 9.97. The Kier molecular flexibility index (Phi) is 8.48. The van der Waals surface area contributed by atoms with E-state index in [1.807, 2.05) is 30.5 Å². The molecule has 4 amide bonds. The molecule has 1 atom stereocenters. The SMILES string of the molecule is O=C1CC(OCCOCC(Cc2c[nH]c3ccccc23)N2C(=O)CCCC2=O)CC(=O)N1CCc1cnc[nH]1. The van der Waals surface area contributed by atoms with Crippen molar-refractivity contribution < 1.29 is 28.7 Å². The van der Waals surface area contributed by atoms with E-state index in [0.717, 1.165) is 22.2 Å². The van der Waals surface area contributed by atoms with Crippen molar-refractivity contribution in [3.63, 3.8) is 0 Å². The molecule has 2 aliphatic heterocycles. The van der Waals surface area contributed by atoms with Crippen molar-refractivity contribution in [1.82, 2.24) is 24.8 Å². The number of likely N-dealkylation sites (tertiary alicyclic amines) is 2. The third-order valence-corrected chi connectivity index (χ3v) is 7.27. The van der Waals surface area contributed by atoms with Gasteiger partial charge >= 0.3 is 0 Å². The van der Waals surface area contributed by atoms with Crippen molar-refractivity contribution in [2.75, 3.05) is 26.4 Å². The van der Waals surface area contributed by atoms with E-state index in [1.165, 1.54) is 9.80 Å². The highest BCUT2D eigenvalue weighted by molar-refractivity contribution is 5.98. The van der Waals surface area contributed by atoms with Crippen LogP contribution in [0.1, 0.15) is 43.4 Å². The Morgan fingerprint density at radius 1 is 0.974 bits per heavy atom. The number of piperidine rings is 2. The van der Waals surface area contributed by atoms with Gasteiger partial charge in [-0.25, -0.2) is 4.98 Å². The van der Waals surface area contributed by atoms with Crippen molar-refractivity contribution >= 4 is 34.5 Å². The van der Waals surface area contributed by atoms with Crippen LogP contribution in [0.3, 0.4) is 0 Å². The van der Waals surface area contributed by atoms with Crippen molar-refractivity contribution in [3.8, 4) is 0 Å². The lowest BCUT2D eigenvalue weighted by Gasteiger charge is -2.33. The molecule has 2 aliphatic rings. The van der Waals surface area contributed by atoms with Crippen LogP contribution in [0.4, 0.5) is 0 Å². The maximum atomic E-state index is 12.7. The number of nitrogens with one attached hydrogen (secondary N) is 2. The van der Waals surface area contributed by atoms with Crippen molar-refractivity contribution in [3.05, 3.63) is 54.2 Å². The fraction of sp³-hybridized carbons (Fsp3) is 0.464. The molecule has 2 fully saturated rings. The van der Waals surface area contributed by atoms with Crippen LogP contribution in [0.2, 0.25) is 0 Å². The van der Waals surface area contributed by atoms with E-state index in [0.29, 0.717) is 38.6 Å². The Labute approximate surface area is 225 Å². The maximum Gasteiger partial charge on any atom is 0.231 e. The number of imide groups is 2. The third kappa shape index (κ3) is 6.43. The second kappa shape index (κ2) is 12.4. The lowest BCUT2D eigenvalue weighted by Crippen LogP contribution is -2.50. The number of aromatic nitrogens is 3. The highest BCUT2D eigenvalue weighted by Crippen LogP contribution is 2.24. The zero-order valence-electron chi connectivity index (χ0n) is 21.8. The Hall–Kier alpha value is -3.83. The molecule has 1 aromatic carbocycles. The average Bonchev–Trinajstić information content (AvgIpc) is 3.58. The molecule has 11 heteroatoms. The van der Waals surface area contributed by atoms with Crippen molar-refractivity contribution in [2.24, 2.45) is 0 Å². The number of rotatable bonds is 12. The van der Waals surface area contributed by atoms with Gasteiger partial charge in [0.05, 0.1) is 51.1 Å². The molecule has 0 spiro atoms. The van der Waals surface area contributed by atoms with Gasteiger partial charge in [-0.15, -0.1) is 0 Å². The number of nitrogens with zero attached hydrogens (tertiary/aromatic N) is 3. The molecule has 3 aromatic rings. The number of benzene rings is 1. The summed E-state index contributed by atoms with van der Waals surface area (Å²) in [6.45, 7) is 0.885. The first kappa shape index (κ1) is 26.8. The highest BCUT2D eigenvalue weighted by atomic mass is 16.5. The fourth-order valence-electron chi connectivity index (χ4n) is 5.29. The molecule has 206 valence electrons. The smallest absolute Gasteiger partial charge is 0.231 e. The Balaban J connectivity index is 1.12. The van der Waals surface area contributed by atoms with Gasteiger partial charge in [0.2, 0.25) is 23.6 Å². The number of carbonyl (C=O) groups is 4. The lowest BCUT2D eigenvalue weighted by atomic mass is 10.0. The first-order chi connectivity index (χ1) is 19.0. The van der Waals surface area contributed by atoms with Gasteiger partial charge in [0.25, 0.3) is 0 Å². The minimum atomic E-state index is -0.496. The molecule has 39 heavy (non-hydrogen) atoms. The first-order valence-electron chi connectivity index (χ1n) is 13.4. The zero-order chi connectivity index (χ0) is 27.2. The van der Waals surface area contributed by atoms with Gasteiger partial charge in [0.15, 0.2) is 0 Å². The topological polar surface area (TPSA) is 138 Å². The molecule has 0 saturated carbocycles. The number of hydrogen-bond acceptors (Lipinski definition) is 7. The number of para-hydroxylation sites is 1. The lowest BCUT2D eigenvalue weighted by molar-refractivity contribution is -0.154. The number of amides is 4. The summed E-state index contributed by atoms with van der Waals surface area (Å²) in [6, 6.07) is 7.47. The van der Waals surface area contributed by atoms with Crippen LogP contribution in [-0.2, 0) is 41.5 Å². The standard InChI is InChI=1S/C28H33N5O6/c34-25-6-3-7-26(35)33(25)21(12-19-15-30-24-5-2-1-4-23(19)24)17-38-10-11-39-22-13-27(36)32(28(37)14-22)9-8-20-16-29-18-31-20/h1-2,4-5,15-16,18,21-22,30H,3,6-14,17H2,(H,29,31). The molecule has 2 aromatic heterocycles. The van der Waals surface area contributed by atoms with E-state index >= 15 is 0 Å². The summed E-state index contributed by atoms with van der Waals surface area (Å²) < 4.78 is 11.7. The van der Waals surface area contributed by atoms with Crippen molar-refractivity contribution in [2.45, 2.75) is 57.1 Å². The number of fused-ring (bicyclic) bond motifs is 1. The Morgan fingerprint density at radius 3 is 2.49 bits per heavy atom. The van der Waals surface area contributed by atoms with Gasteiger partial charge in [-0.1, -0.05) is 18.2 Å². The normalized spacial score (nSPS) is 17.9. The molecule has 11 nitrogen and oxygen atoms in total. The summed E-state index contributed by atoms with van der Waals surface area (Å²) in [4.78, 5) is 63.2. The van der Waals surface area contributed by atoms with Crippen LogP contribution >= 0.6 is 0 Å². The first-order valence-corrected chi connectivity index (χ1v) is 13.4. The van der Waals surface area contributed by atoms with Gasteiger partial charge < -0.3 is 19.4 Å². The van der Waals surface area contributed by atoms with Crippen LogP contribution in [0.15, 0.2) is 43.0 Å². The van der Waals surface area contributed by atoms with E-state index in [-0.39, 0.29) is 56.3 Å². The predicted octanol–water partition coefficient (Wildman–Crippen LogP) is 2.13. The van der Waals surface area contributed by atoms with E-state index in [9.17, 15) is 19.2 Å². The number of aromatic amines is 2. The number of hydrogen-bond donors (Lipinski definition) is 2. The van der Waals surface area contributed by atoms with Crippen LogP contribution in [0.5, 0.6) is 0 Å². The van der Waals surface area contributed by atoms with E-state index in [4.69, 9.17) is 9.47 Å². The largest absolute Gasteiger partial charge is 0.377 e. The molecule has 4 heterocycles. The van der Waals surface area contributed by atoms with Gasteiger partial charge in [-0.05, 0) is 24.5 Å². The second-order valence-electron chi connectivity index (χ2n) is 9.97. The van der Waals surface area contributed by atoms with Crippen molar-refractivity contribution in [1.29, 1.82) is 0 Å².